The van der Waals surface area contributed by atoms with Gasteiger partial charge >= 0.3 is 0 Å². The number of aromatic nitrogens is 2. The van der Waals surface area contributed by atoms with Crippen LogP contribution in [0.4, 0.5) is 0 Å². The second-order valence-corrected chi connectivity index (χ2v) is 6.02. The first kappa shape index (κ1) is 14.4. The molecule has 1 fully saturated rings. The number of nitrogens with zero attached hydrogens (tertiary/aromatic N) is 1. The van der Waals surface area contributed by atoms with E-state index in [9.17, 15) is 0 Å². The number of rotatable bonds is 6. The van der Waals surface area contributed by atoms with E-state index < -0.39 is 0 Å². The third-order valence-corrected chi connectivity index (χ3v) is 4.35. The van der Waals surface area contributed by atoms with E-state index >= 15 is 0 Å². The molecular formula is C17H25N3O. The maximum atomic E-state index is 6.14. The lowest BCUT2D eigenvalue weighted by molar-refractivity contribution is 0.140. The molecule has 1 heterocycles. The fraction of sp³-hybridized carbons (Fsp3) is 0.588. The molecule has 4 nitrogen and oxygen atoms in total. The quantitative estimate of drug-likeness (QED) is 0.797. The minimum Gasteiger partial charge on any atom is -0.490 e. The van der Waals surface area contributed by atoms with Gasteiger partial charge in [-0.15, -0.1) is 0 Å². The van der Waals surface area contributed by atoms with Crippen molar-refractivity contribution in [2.24, 2.45) is 0 Å². The maximum absolute atomic E-state index is 6.14. The van der Waals surface area contributed by atoms with Gasteiger partial charge in [0.25, 0.3) is 0 Å². The zero-order chi connectivity index (χ0) is 14.5. The van der Waals surface area contributed by atoms with Crippen LogP contribution < -0.4 is 10.1 Å². The molecule has 1 saturated carbocycles. The molecule has 0 amide bonds. The van der Waals surface area contributed by atoms with Gasteiger partial charge in [-0.1, -0.05) is 13.3 Å². The second kappa shape index (κ2) is 6.94. The summed E-state index contributed by atoms with van der Waals surface area (Å²) in [5, 5.41) is 11.8. The normalized spacial score (nSPS) is 22.5. The van der Waals surface area contributed by atoms with Crippen molar-refractivity contribution in [3.05, 3.63) is 24.4 Å². The minimum atomic E-state index is 0.360. The Morgan fingerprint density at radius 3 is 2.95 bits per heavy atom. The maximum Gasteiger partial charge on any atom is 0.120 e. The number of H-pyrrole nitrogens is 1. The van der Waals surface area contributed by atoms with E-state index in [1.807, 2.05) is 18.3 Å². The Morgan fingerprint density at radius 1 is 1.29 bits per heavy atom. The SMILES string of the molecule is CCCCN[C@H]1CC[C@H](Oc2ccc3[nH]ncc3c2)CC1. The summed E-state index contributed by atoms with van der Waals surface area (Å²) in [5.74, 6) is 0.964. The van der Waals surface area contributed by atoms with Crippen molar-refractivity contribution in [2.45, 2.75) is 57.6 Å². The monoisotopic (exact) mass is 287 g/mol. The van der Waals surface area contributed by atoms with E-state index in [4.69, 9.17) is 4.74 Å². The second-order valence-electron chi connectivity index (χ2n) is 6.02. The number of ether oxygens (including phenoxy) is 1. The van der Waals surface area contributed by atoms with E-state index in [2.05, 4.69) is 28.5 Å². The molecule has 1 aromatic heterocycles. The van der Waals surface area contributed by atoms with Gasteiger partial charge in [0.15, 0.2) is 0 Å². The van der Waals surface area contributed by atoms with Crippen LogP contribution >= 0.6 is 0 Å². The first-order valence-corrected chi connectivity index (χ1v) is 8.18. The molecule has 0 bridgehead atoms. The molecule has 4 heteroatoms. The third kappa shape index (κ3) is 3.76. The number of fused-ring (bicyclic) bond motifs is 1. The minimum absolute atomic E-state index is 0.360. The van der Waals surface area contributed by atoms with Crippen LogP contribution in [-0.4, -0.2) is 28.9 Å². The van der Waals surface area contributed by atoms with Crippen molar-refractivity contribution < 1.29 is 4.74 Å². The van der Waals surface area contributed by atoms with Crippen LogP contribution in [0.25, 0.3) is 10.9 Å². The zero-order valence-electron chi connectivity index (χ0n) is 12.8. The first-order chi connectivity index (χ1) is 10.3. The van der Waals surface area contributed by atoms with Crippen molar-refractivity contribution in [2.75, 3.05) is 6.54 Å². The molecule has 114 valence electrons. The highest BCUT2D eigenvalue weighted by molar-refractivity contribution is 5.79. The summed E-state index contributed by atoms with van der Waals surface area (Å²) in [6.07, 6.45) is 9.49. The predicted octanol–water partition coefficient (Wildman–Crippen LogP) is 3.64. The lowest BCUT2D eigenvalue weighted by atomic mass is 9.93. The van der Waals surface area contributed by atoms with Crippen molar-refractivity contribution in [3.63, 3.8) is 0 Å². The van der Waals surface area contributed by atoms with E-state index in [0.717, 1.165) is 36.0 Å². The van der Waals surface area contributed by atoms with Gasteiger partial charge in [0.1, 0.15) is 5.75 Å². The van der Waals surface area contributed by atoms with Gasteiger partial charge in [-0.25, -0.2) is 0 Å². The molecule has 2 N–H and O–H groups in total. The lowest BCUT2D eigenvalue weighted by Crippen LogP contribution is -2.36. The number of hydrogen-bond acceptors (Lipinski definition) is 3. The molecular weight excluding hydrogens is 262 g/mol. The van der Waals surface area contributed by atoms with E-state index in [-0.39, 0.29) is 0 Å². The van der Waals surface area contributed by atoms with Crippen LogP contribution in [0.3, 0.4) is 0 Å². The smallest absolute Gasteiger partial charge is 0.120 e. The summed E-state index contributed by atoms with van der Waals surface area (Å²) >= 11 is 0. The number of benzene rings is 1. The Balaban J connectivity index is 1.48. The Bertz CT molecular complexity index is 558. The first-order valence-electron chi connectivity index (χ1n) is 8.18. The van der Waals surface area contributed by atoms with Crippen molar-refractivity contribution in [1.29, 1.82) is 0 Å². The largest absolute Gasteiger partial charge is 0.490 e. The lowest BCUT2D eigenvalue weighted by Gasteiger charge is -2.29. The van der Waals surface area contributed by atoms with Gasteiger partial charge in [0.05, 0.1) is 17.8 Å². The fourth-order valence-electron chi connectivity index (χ4n) is 3.05. The van der Waals surface area contributed by atoms with Gasteiger partial charge in [0.2, 0.25) is 0 Å². The number of aromatic amines is 1. The molecule has 2 aromatic rings. The average molecular weight is 287 g/mol. The molecule has 3 rings (SSSR count). The summed E-state index contributed by atoms with van der Waals surface area (Å²) in [6.45, 7) is 3.40. The summed E-state index contributed by atoms with van der Waals surface area (Å²) in [5.41, 5.74) is 1.06. The summed E-state index contributed by atoms with van der Waals surface area (Å²) in [6, 6.07) is 6.83. The van der Waals surface area contributed by atoms with Crippen LogP contribution in [-0.2, 0) is 0 Å². The molecule has 1 aliphatic rings. The fourth-order valence-corrected chi connectivity index (χ4v) is 3.05. The van der Waals surface area contributed by atoms with Crippen LogP contribution in [0.1, 0.15) is 45.4 Å². The topological polar surface area (TPSA) is 49.9 Å². The number of hydrogen-bond donors (Lipinski definition) is 2. The van der Waals surface area contributed by atoms with Gasteiger partial charge in [0, 0.05) is 11.4 Å². The molecule has 0 radical (unpaired) electrons. The van der Waals surface area contributed by atoms with Gasteiger partial charge in [-0.2, -0.15) is 5.10 Å². The van der Waals surface area contributed by atoms with E-state index in [1.165, 1.54) is 25.7 Å². The Hall–Kier alpha value is -1.55. The molecule has 0 saturated heterocycles. The van der Waals surface area contributed by atoms with Crippen LogP contribution in [0.5, 0.6) is 5.75 Å². The van der Waals surface area contributed by atoms with Crippen LogP contribution in [0.15, 0.2) is 24.4 Å². The molecule has 0 spiro atoms. The molecule has 21 heavy (non-hydrogen) atoms. The van der Waals surface area contributed by atoms with E-state index in [0.29, 0.717) is 12.1 Å². The zero-order valence-corrected chi connectivity index (χ0v) is 12.8. The van der Waals surface area contributed by atoms with Crippen LogP contribution in [0.2, 0.25) is 0 Å². The standard InChI is InChI=1S/C17H25N3O/c1-2-3-10-18-14-4-6-15(7-5-14)21-16-8-9-17-13(11-16)12-19-20-17/h8-9,11-12,14-15,18H,2-7,10H2,1H3,(H,19,20)/t14-,15-. The molecule has 1 aromatic carbocycles. The highest BCUT2D eigenvalue weighted by Crippen LogP contribution is 2.26. The van der Waals surface area contributed by atoms with Crippen molar-refractivity contribution in [1.82, 2.24) is 15.5 Å². The van der Waals surface area contributed by atoms with E-state index in [1.54, 1.807) is 0 Å². The van der Waals surface area contributed by atoms with Gasteiger partial charge in [-0.05, 0) is 56.8 Å². The molecule has 0 aliphatic heterocycles. The summed E-state index contributed by atoms with van der Waals surface area (Å²) in [7, 11) is 0. The predicted molar refractivity (Wildman–Crippen MR) is 85.7 cm³/mol. The van der Waals surface area contributed by atoms with Crippen molar-refractivity contribution in [3.8, 4) is 5.75 Å². The Labute approximate surface area is 126 Å². The third-order valence-electron chi connectivity index (χ3n) is 4.35. The summed E-state index contributed by atoms with van der Waals surface area (Å²) < 4.78 is 6.14. The average Bonchev–Trinajstić information content (AvgIpc) is 2.97. The van der Waals surface area contributed by atoms with Crippen LogP contribution in [0, 0.1) is 0 Å². The molecule has 0 unspecified atom stereocenters. The van der Waals surface area contributed by atoms with Crippen molar-refractivity contribution >= 4 is 10.9 Å². The molecule has 0 atom stereocenters. The number of nitrogens with one attached hydrogen (secondary N) is 2. The molecule has 1 aliphatic carbocycles. The Kier molecular flexibility index (Phi) is 4.76. The number of unbranched alkanes of at least 4 members (excludes halogenated alkanes) is 1. The van der Waals surface area contributed by atoms with Gasteiger partial charge < -0.3 is 10.1 Å². The highest BCUT2D eigenvalue weighted by atomic mass is 16.5. The summed E-state index contributed by atoms with van der Waals surface area (Å²) in [4.78, 5) is 0. The highest BCUT2D eigenvalue weighted by Gasteiger charge is 2.21. The Morgan fingerprint density at radius 2 is 2.14 bits per heavy atom. The van der Waals surface area contributed by atoms with Gasteiger partial charge in [-0.3, -0.25) is 5.10 Å².